The molecule has 1 fully saturated rings. The molecule has 1 aliphatic carbocycles. The van der Waals surface area contributed by atoms with Gasteiger partial charge in [0.2, 0.25) is 5.91 Å². The number of hydrogen-bond donors (Lipinski definition) is 2. The molecule has 1 aromatic rings. The molecular formula is C21H27NO4. The van der Waals surface area contributed by atoms with Gasteiger partial charge in [0.05, 0.1) is 6.42 Å². The largest absolute Gasteiger partial charge is 0.481 e. The maximum Gasteiger partial charge on any atom is 0.303 e. The average molecular weight is 357 g/mol. The van der Waals surface area contributed by atoms with E-state index in [1.54, 1.807) is 12.1 Å². The number of aliphatic carboxylic acids is 1. The number of rotatable bonds is 6. The summed E-state index contributed by atoms with van der Waals surface area (Å²) in [6.45, 7) is 6.29. The van der Waals surface area contributed by atoms with Crippen molar-refractivity contribution in [2.24, 2.45) is 17.8 Å². The number of benzene rings is 1. The molecule has 0 aromatic heterocycles. The Balaban J connectivity index is 2.07. The first-order valence-corrected chi connectivity index (χ1v) is 9.15. The molecule has 5 heteroatoms. The average Bonchev–Trinajstić information content (AvgIpc) is 2.58. The van der Waals surface area contributed by atoms with Crippen LogP contribution in [-0.4, -0.2) is 22.8 Å². The van der Waals surface area contributed by atoms with Crippen LogP contribution in [0.1, 0.15) is 52.0 Å². The van der Waals surface area contributed by atoms with Crippen LogP contribution in [0, 0.1) is 17.8 Å². The van der Waals surface area contributed by atoms with Gasteiger partial charge >= 0.3 is 5.97 Å². The molecule has 0 radical (unpaired) electrons. The van der Waals surface area contributed by atoms with Crippen LogP contribution in [0.3, 0.4) is 0 Å². The van der Waals surface area contributed by atoms with Crippen LogP contribution in [0.25, 0.3) is 6.08 Å². The predicted octanol–water partition coefficient (Wildman–Crippen LogP) is 4.14. The van der Waals surface area contributed by atoms with Crippen molar-refractivity contribution in [3.63, 3.8) is 0 Å². The molecular weight excluding hydrogens is 330 g/mol. The van der Waals surface area contributed by atoms with Gasteiger partial charge in [-0.2, -0.15) is 0 Å². The van der Waals surface area contributed by atoms with E-state index in [2.05, 4.69) is 26.1 Å². The zero-order chi connectivity index (χ0) is 19.3. The minimum atomic E-state index is -0.993. The van der Waals surface area contributed by atoms with E-state index in [0.717, 1.165) is 24.0 Å². The Hall–Kier alpha value is -2.43. The highest BCUT2D eigenvalue weighted by Crippen LogP contribution is 2.35. The van der Waals surface area contributed by atoms with E-state index < -0.39 is 5.97 Å². The zero-order valence-corrected chi connectivity index (χ0v) is 15.6. The zero-order valence-electron chi connectivity index (χ0n) is 15.6. The van der Waals surface area contributed by atoms with Crippen LogP contribution in [0.15, 0.2) is 29.8 Å². The Labute approximate surface area is 154 Å². The highest BCUT2D eigenvalue weighted by molar-refractivity contribution is 6.02. The number of carboxylic acids is 1. The smallest absolute Gasteiger partial charge is 0.303 e. The fourth-order valence-electron chi connectivity index (χ4n) is 3.31. The molecule has 26 heavy (non-hydrogen) atoms. The monoisotopic (exact) mass is 357 g/mol. The van der Waals surface area contributed by atoms with Crippen LogP contribution in [-0.2, 0) is 14.4 Å². The van der Waals surface area contributed by atoms with E-state index in [9.17, 15) is 14.4 Å². The summed E-state index contributed by atoms with van der Waals surface area (Å²) in [5.74, 6) is -0.354. The second-order valence-corrected chi connectivity index (χ2v) is 7.36. The van der Waals surface area contributed by atoms with E-state index in [4.69, 9.17) is 5.11 Å². The maximum absolute atomic E-state index is 12.7. The van der Waals surface area contributed by atoms with E-state index in [0.29, 0.717) is 11.6 Å². The standard InChI is InChI=1S/C21H27NO4/c1-13(2)17-9-4-14(3)18(21(17)26)12-15-5-7-16(8-6-15)22-19(23)10-11-20(24)25/h5-8,12-14,17H,4,9-11H2,1-3H3,(H,22,23)(H,24,25)/t14-,17-/m0/s1. The molecule has 0 bridgehead atoms. The van der Waals surface area contributed by atoms with Gasteiger partial charge in [0.1, 0.15) is 0 Å². The maximum atomic E-state index is 12.7. The number of nitrogens with one attached hydrogen (secondary N) is 1. The molecule has 1 aliphatic rings. The summed E-state index contributed by atoms with van der Waals surface area (Å²) < 4.78 is 0. The summed E-state index contributed by atoms with van der Waals surface area (Å²) in [6, 6.07) is 7.25. The van der Waals surface area contributed by atoms with Crippen LogP contribution >= 0.6 is 0 Å². The van der Waals surface area contributed by atoms with Gasteiger partial charge in [0.25, 0.3) is 0 Å². The van der Waals surface area contributed by atoms with Crippen LogP contribution in [0.2, 0.25) is 0 Å². The molecule has 2 rings (SSSR count). The van der Waals surface area contributed by atoms with Crippen molar-refractivity contribution in [2.75, 3.05) is 5.32 Å². The Kier molecular flexibility index (Phi) is 6.72. The van der Waals surface area contributed by atoms with Crippen LogP contribution in [0.4, 0.5) is 5.69 Å². The summed E-state index contributed by atoms with van der Waals surface area (Å²) in [6.07, 6.45) is 3.70. The quantitative estimate of drug-likeness (QED) is 0.749. The number of carbonyl (C=O) groups is 3. The summed E-state index contributed by atoms with van der Waals surface area (Å²) in [5, 5.41) is 11.3. The minimum absolute atomic E-state index is 0.0518. The molecule has 2 atom stereocenters. The lowest BCUT2D eigenvalue weighted by Gasteiger charge is -2.30. The highest BCUT2D eigenvalue weighted by atomic mass is 16.4. The van der Waals surface area contributed by atoms with Crippen molar-refractivity contribution < 1.29 is 19.5 Å². The lowest BCUT2D eigenvalue weighted by atomic mass is 9.73. The topological polar surface area (TPSA) is 83.5 Å². The normalized spacial score (nSPS) is 21.8. The van der Waals surface area contributed by atoms with Crippen molar-refractivity contribution in [1.82, 2.24) is 0 Å². The van der Waals surface area contributed by atoms with Gasteiger partial charge in [-0.1, -0.05) is 32.9 Å². The summed E-state index contributed by atoms with van der Waals surface area (Å²) in [4.78, 5) is 34.9. The van der Waals surface area contributed by atoms with E-state index >= 15 is 0 Å². The van der Waals surface area contributed by atoms with Crippen LogP contribution < -0.4 is 5.32 Å². The van der Waals surface area contributed by atoms with Gasteiger partial charge in [-0.15, -0.1) is 0 Å². The van der Waals surface area contributed by atoms with Gasteiger partial charge in [0.15, 0.2) is 5.78 Å². The number of Topliss-reactive ketones (excluding diaryl/α,β-unsaturated/α-hetero) is 1. The lowest BCUT2D eigenvalue weighted by molar-refractivity contribution is -0.138. The Morgan fingerprint density at radius 1 is 1.19 bits per heavy atom. The van der Waals surface area contributed by atoms with Gasteiger partial charge in [-0.05, 0) is 54.0 Å². The Morgan fingerprint density at radius 3 is 2.42 bits per heavy atom. The van der Waals surface area contributed by atoms with Crippen molar-refractivity contribution in [3.8, 4) is 0 Å². The molecule has 5 nitrogen and oxygen atoms in total. The van der Waals surface area contributed by atoms with Crippen molar-refractivity contribution >= 4 is 29.4 Å². The lowest BCUT2D eigenvalue weighted by Crippen LogP contribution is -2.30. The number of allylic oxidation sites excluding steroid dienone is 1. The van der Waals surface area contributed by atoms with Gasteiger partial charge < -0.3 is 10.4 Å². The molecule has 1 amide bonds. The summed E-state index contributed by atoms with van der Waals surface area (Å²) in [7, 11) is 0. The first-order valence-electron chi connectivity index (χ1n) is 9.15. The Morgan fingerprint density at radius 2 is 1.85 bits per heavy atom. The summed E-state index contributed by atoms with van der Waals surface area (Å²) >= 11 is 0. The predicted molar refractivity (Wildman–Crippen MR) is 102 cm³/mol. The van der Waals surface area contributed by atoms with Gasteiger partial charge in [-0.25, -0.2) is 0 Å². The van der Waals surface area contributed by atoms with Gasteiger partial charge in [0, 0.05) is 18.0 Å². The third-order valence-corrected chi connectivity index (χ3v) is 4.95. The Bertz CT molecular complexity index is 703. The second kappa shape index (κ2) is 8.79. The number of carboxylic acid groups (broad SMARTS) is 1. The first-order chi connectivity index (χ1) is 12.3. The highest BCUT2D eigenvalue weighted by Gasteiger charge is 2.32. The summed E-state index contributed by atoms with van der Waals surface area (Å²) in [5.41, 5.74) is 2.42. The number of carbonyl (C=O) groups excluding carboxylic acids is 2. The van der Waals surface area contributed by atoms with E-state index in [-0.39, 0.29) is 36.4 Å². The molecule has 1 saturated carbocycles. The van der Waals surface area contributed by atoms with Crippen molar-refractivity contribution in [1.29, 1.82) is 0 Å². The van der Waals surface area contributed by atoms with E-state index in [1.165, 1.54) is 0 Å². The molecule has 0 spiro atoms. The SMILES string of the molecule is CC(C)[C@@H]1CC[C@H](C)C(=Cc2ccc(NC(=O)CCC(=O)O)cc2)C1=O. The minimum Gasteiger partial charge on any atom is -0.481 e. The molecule has 0 unspecified atom stereocenters. The van der Waals surface area contributed by atoms with E-state index in [1.807, 2.05) is 18.2 Å². The van der Waals surface area contributed by atoms with Crippen molar-refractivity contribution in [2.45, 2.75) is 46.5 Å². The van der Waals surface area contributed by atoms with Crippen LogP contribution in [0.5, 0.6) is 0 Å². The molecule has 0 heterocycles. The number of ketones is 1. The molecule has 140 valence electrons. The number of hydrogen-bond acceptors (Lipinski definition) is 3. The molecule has 0 saturated heterocycles. The molecule has 1 aromatic carbocycles. The van der Waals surface area contributed by atoms with Crippen molar-refractivity contribution in [3.05, 3.63) is 35.4 Å². The fraction of sp³-hybridized carbons (Fsp3) is 0.476. The second-order valence-electron chi connectivity index (χ2n) is 7.36. The third-order valence-electron chi connectivity index (χ3n) is 4.95. The first kappa shape index (κ1) is 19.9. The van der Waals surface area contributed by atoms with Gasteiger partial charge in [-0.3, -0.25) is 14.4 Å². The third kappa shape index (κ3) is 5.28. The number of amides is 1. The number of anilines is 1. The fourth-order valence-corrected chi connectivity index (χ4v) is 3.31. The molecule has 0 aliphatic heterocycles. The molecule has 2 N–H and O–H groups in total.